The summed E-state index contributed by atoms with van der Waals surface area (Å²) in [7, 11) is 0. The van der Waals surface area contributed by atoms with Crippen molar-refractivity contribution in [2.24, 2.45) is 5.92 Å². The Hall–Kier alpha value is -3.10. The topological polar surface area (TPSA) is 84.4 Å². The highest BCUT2D eigenvalue weighted by atomic mass is 32.1. The number of Topliss-reactive ketones (excluding diaryl/α,β-unsaturated/α-hetero) is 1. The maximum Gasteiger partial charge on any atom is 0.271 e. The second-order valence-corrected chi connectivity index (χ2v) is 9.67. The van der Waals surface area contributed by atoms with E-state index >= 15 is 0 Å². The Morgan fingerprint density at radius 2 is 2.00 bits per heavy atom. The molecule has 0 bridgehead atoms. The van der Waals surface area contributed by atoms with Crippen LogP contribution in [-0.2, 0) is 0 Å². The van der Waals surface area contributed by atoms with Crippen LogP contribution < -0.4 is 10.1 Å². The Morgan fingerprint density at radius 3 is 2.76 bits per heavy atom. The highest BCUT2D eigenvalue weighted by Crippen LogP contribution is 2.33. The van der Waals surface area contributed by atoms with Gasteiger partial charge in [0.1, 0.15) is 16.5 Å². The summed E-state index contributed by atoms with van der Waals surface area (Å²) in [6, 6.07) is 11.3. The average Bonchev–Trinajstić information content (AvgIpc) is 3.43. The quantitative estimate of drug-likeness (QED) is 0.345. The van der Waals surface area contributed by atoms with E-state index in [1.54, 1.807) is 17.8 Å². The fourth-order valence-electron chi connectivity index (χ4n) is 4.24. The lowest BCUT2D eigenvalue weighted by atomic mass is 10.1. The number of ketones is 1. The van der Waals surface area contributed by atoms with Gasteiger partial charge in [-0.1, -0.05) is 0 Å². The first-order valence-corrected chi connectivity index (χ1v) is 12.7. The lowest BCUT2D eigenvalue weighted by Gasteiger charge is -2.25. The summed E-state index contributed by atoms with van der Waals surface area (Å²) in [6.07, 6.45) is 8.38. The number of likely N-dealkylation sites (tertiary alicyclic amines) is 1. The first kappa shape index (κ1) is 22.7. The Bertz CT molecular complexity index is 1130. The normalized spacial score (nSPS) is 18.1. The Morgan fingerprint density at radius 1 is 1.15 bits per heavy atom. The van der Waals surface area contributed by atoms with Gasteiger partial charge in [-0.25, -0.2) is 4.98 Å². The van der Waals surface area contributed by atoms with Gasteiger partial charge in [0.25, 0.3) is 5.91 Å². The second-order valence-electron chi connectivity index (χ2n) is 8.81. The van der Waals surface area contributed by atoms with Crippen molar-refractivity contribution in [1.29, 1.82) is 0 Å². The molecule has 1 N–H and O–H groups in total. The van der Waals surface area contributed by atoms with Crippen molar-refractivity contribution >= 4 is 23.0 Å². The first-order valence-electron chi connectivity index (χ1n) is 11.9. The summed E-state index contributed by atoms with van der Waals surface area (Å²) in [4.78, 5) is 35.8. The van der Waals surface area contributed by atoms with Gasteiger partial charge in [0.05, 0.1) is 12.8 Å². The minimum atomic E-state index is -0.139. The predicted octanol–water partition coefficient (Wildman–Crippen LogP) is 4.42. The number of nitrogens with one attached hydrogen (secondary N) is 1. The van der Waals surface area contributed by atoms with E-state index in [9.17, 15) is 9.59 Å². The van der Waals surface area contributed by atoms with E-state index in [0.717, 1.165) is 67.1 Å². The molecule has 1 amide bonds. The molecule has 1 atom stereocenters. The van der Waals surface area contributed by atoms with Crippen molar-refractivity contribution < 1.29 is 14.3 Å². The number of nitrogens with zero attached hydrogens (tertiary/aromatic N) is 3. The molecule has 7 nitrogen and oxygen atoms in total. The molecule has 1 aliphatic carbocycles. The molecule has 0 radical (unpaired) electrons. The number of benzene rings is 1. The van der Waals surface area contributed by atoms with Gasteiger partial charge in [0.2, 0.25) is 0 Å². The van der Waals surface area contributed by atoms with Gasteiger partial charge in [-0.3, -0.25) is 19.5 Å². The fraction of sp³-hybridized carbons (Fsp3) is 0.385. The average molecular weight is 477 g/mol. The van der Waals surface area contributed by atoms with Crippen LogP contribution in [0.5, 0.6) is 5.75 Å². The molecule has 5 rings (SSSR count). The molecule has 2 fully saturated rings. The lowest BCUT2D eigenvalue weighted by Crippen LogP contribution is -2.45. The van der Waals surface area contributed by atoms with Crippen LogP contribution in [0.15, 0.2) is 54.2 Å². The van der Waals surface area contributed by atoms with Crippen molar-refractivity contribution in [3.05, 3.63) is 65.4 Å². The van der Waals surface area contributed by atoms with Crippen LogP contribution in [0, 0.1) is 5.92 Å². The Kier molecular flexibility index (Phi) is 6.97. The number of rotatable bonds is 10. The van der Waals surface area contributed by atoms with Crippen molar-refractivity contribution in [3.8, 4) is 16.3 Å². The van der Waals surface area contributed by atoms with Gasteiger partial charge in [-0.15, -0.1) is 11.3 Å². The minimum Gasteiger partial charge on any atom is -0.494 e. The summed E-state index contributed by atoms with van der Waals surface area (Å²) in [5, 5.41) is 5.74. The van der Waals surface area contributed by atoms with E-state index < -0.39 is 0 Å². The maximum atomic E-state index is 12.8. The van der Waals surface area contributed by atoms with Crippen LogP contribution >= 0.6 is 11.3 Å². The molecule has 34 heavy (non-hydrogen) atoms. The zero-order chi connectivity index (χ0) is 23.3. The summed E-state index contributed by atoms with van der Waals surface area (Å²) in [5.74, 6) is 1.13. The Labute approximate surface area is 203 Å². The zero-order valence-corrected chi connectivity index (χ0v) is 19.8. The second kappa shape index (κ2) is 10.4. The lowest BCUT2D eigenvalue weighted by molar-refractivity contribution is 0.0877. The summed E-state index contributed by atoms with van der Waals surface area (Å²) in [5.41, 5.74) is 2.14. The SMILES string of the molecule is O=C(NC1CCCN1CCCOc1ccc(C(=O)C2CC2)cc1)c1csc(-c2cccnc2)n1. The number of carbonyl (C=O) groups excluding carboxylic acids is 2. The van der Waals surface area contributed by atoms with E-state index in [1.807, 2.05) is 36.4 Å². The number of hydrogen-bond acceptors (Lipinski definition) is 7. The summed E-state index contributed by atoms with van der Waals surface area (Å²) >= 11 is 1.45. The highest BCUT2D eigenvalue weighted by molar-refractivity contribution is 7.13. The minimum absolute atomic E-state index is 0.0174. The molecule has 1 aromatic carbocycles. The maximum absolute atomic E-state index is 12.8. The van der Waals surface area contributed by atoms with E-state index in [4.69, 9.17) is 4.74 Å². The van der Waals surface area contributed by atoms with Crippen LogP contribution in [-0.4, -0.2) is 52.4 Å². The van der Waals surface area contributed by atoms with Gasteiger partial charge in [-0.2, -0.15) is 0 Å². The smallest absolute Gasteiger partial charge is 0.271 e. The first-order chi connectivity index (χ1) is 16.7. The van der Waals surface area contributed by atoms with Gasteiger partial charge >= 0.3 is 0 Å². The fourth-order valence-corrected chi connectivity index (χ4v) is 5.03. The number of amides is 1. The molecule has 1 saturated heterocycles. The van der Waals surface area contributed by atoms with Crippen molar-refractivity contribution in [1.82, 2.24) is 20.2 Å². The van der Waals surface area contributed by atoms with E-state index in [-0.39, 0.29) is 23.8 Å². The monoisotopic (exact) mass is 476 g/mol. The third kappa shape index (κ3) is 5.51. The third-order valence-electron chi connectivity index (χ3n) is 6.25. The number of carbonyl (C=O) groups is 2. The van der Waals surface area contributed by atoms with Crippen LogP contribution in [0.4, 0.5) is 0 Å². The van der Waals surface area contributed by atoms with Gasteiger partial charge < -0.3 is 10.1 Å². The van der Waals surface area contributed by atoms with Gasteiger partial charge in [0, 0.05) is 47.9 Å². The highest BCUT2D eigenvalue weighted by Gasteiger charge is 2.30. The molecular formula is C26H28N4O3S. The zero-order valence-electron chi connectivity index (χ0n) is 19.0. The molecule has 1 saturated carbocycles. The molecular weight excluding hydrogens is 448 g/mol. The number of thiazole rings is 1. The Balaban J connectivity index is 1.07. The molecule has 2 aliphatic rings. The molecule has 2 aromatic heterocycles. The van der Waals surface area contributed by atoms with Crippen LogP contribution in [0.3, 0.4) is 0 Å². The van der Waals surface area contributed by atoms with Crippen molar-refractivity contribution in [2.45, 2.75) is 38.3 Å². The molecule has 3 aromatic rings. The summed E-state index contributed by atoms with van der Waals surface area (Å²) in [6.45, 7) is 2.40. The molecule has 0 spiro atoms. The van der Waals surface area contributed by atoms with Crippen LogP contribution in [0.1, 0.15) is 53.0 Å². The summed E-state index contributed by atoms with van der Waals surface area (Å²) < 4.78 is 5.87. The molecule has 176 valence electrons. The molecule has 3 heterocycles. The number of hydrogen-bond donors (Lipinski definition) is 1. The predicted molar refractivity (Wildman–Crippen MR) is 131 cm³/mol. The van der Waals surface area contributed by atoms with E-state index in [2.05, 4.69) is 20.2 Å². The molecule has 8 heteroatoms. The van der Waals surface area contributed by atoms with Crippen molar-refractivity contribution in [2.75, 3.05) is 19.7 Å². The standard InChI is InChI=1S/C26H28N4O3S/c31-24(18-6-7-18)19-8-10-21(11-9-19)33-15-3-14-30-13-2-5-23(30)29-25(32)22-17-34-26(28-22)20-4-1-12-27-16-20/h1,4,8-12,16-18,23H,2-3,5-7,13-15H2,(H,29,32). The molecule has 1 unspecified atom stereocenters. The molecule has 1 aliphatic heterocycles. The van der Waals surface area contributed by atoms with E-state index in [0.29, 0.717) is 12.3 Å². The number of aromatic nitrogens is 2. The van der Waals surface area contributed by atoms with Crippen LogP contribution in [0.25, 0.3) is 10.6 Å². The largest absolute Gasteiger partial charge is 0.494 e. The van der Waals surface area contributed by atoms with Crippen LogP contribution in [0.2, 0.25) is 0 Å². The number of ether oxygens (including phenoxy) is 1. The van der Waals surface area contributed by atoms with Gasteiger partial charge in [0.15, 0.2) is 5.78 Å². The van der Waals surface area contributed by atoms with Gasteiger partial charge in [-0.05, 0) is 68.5 Å². The van der Waals surface area contributed by atoms with Crippen molar-refractivity contribution in [3.63, 3.8) is 0 Å². The van der Waals surface area contributed by atoms with E-state index in [1.165, 1.54) is 11.3 Å². The number of pyridine rings is 1. The third-order valence-corrected chi connectivity index (χ3v) is 7.14.